The van der Waals surface area contributed by atoms with Gasteiger partial charge in [0.05, 0.1) is 25.7 Å². The zero-order chi connectivity index (χ0) is 43.1. The number of ether oxygens (including phenoxy) is 3. The van der Waals surface area contributed by atoms with Crippen molar-refractivity contribution in [3.05, 3.63) is 0 Å². The third kappa shape index (κ3) is 45.4. The highest BCUT2D eigenvalue weighted by Crippen LogP contribution is 2.15. The molecule has 0 rings (SSSR count). The zero-order valence-corrected chi connectivity index (χ0v) is 39.1. The predicted octanol–water partition coefficient (Wildman–Crippen LogP) is 12.8. The minimum absolute atomic E-state index is 0.00845. The van der Waals surface area contributed by atoms with E-state index >= 15 is 0 Å². The van der Waals surface area contributed by atoms with Gasteiger partial charge in [-0.05, 0) is 25.7 Å². The first kappa shape index (κ1) is 57.0. The molecule has 0 saturated carbocycles. The number of Topliss-reactive ketones (excluding diaryl/α,β-unsaturated/α-hetero) is 1. The van der Waals surface area contributed by atoms with Gasteiger partial charge in [-0.15, -0.1) is 0 Å². The van der Waals surface area contributed by atoms with E-state index in [9.17, 15) is 19.2 Å². The normalized spacial score (nSPS) is 11.8. The average Bonchev–Trinajstić information content (AvgIpc) is 3.23. The zero-order valence-electron chi connectivity index (χ0n) is 39.1. The highest BCUT2D eigenvalue weighted by Gasteiger charge is 2.17. The first-order valence-corrected chi connectivity index (χ1v) is 25.2. The highest BCUT2D eigenvalue weighted by atomic mass is 16.5. The van der Waals surface area contributed by atoms with Crippen molar-refractivity contribution in [1.29, 1.82) is 0 Å². The molecule has 0 heterocycles. The van der Waals surface area contributed by atoms with E-state index in [0.29, 0.717) is 45.5 Å². The van der Waals surface area contributed by atoms with Crippen LogP contribution in [0, 0.1) is 0 Å². The highest BCUT2D eigenvalue weighted by molar-refractivity contribution is 5.83. The summed E-state index contributed by atoms with van der Waals surface area (Å²) >= 11 is 0. The molecular weight excluding hydrogens is 741 g/mol. The van der Waals surface area contributed by atoms with Crippen LogP contribution >= 0.6 is 0 Å². The van der Waals surface area contributed by atoms with Crippen LogP contribution < -0.4 is 10.6 Å². The topological polar surface area (TPSA) is 120 Å². The van der Waals surface area contributed by atoms with Crippen LogP contribution in [0.3, 0.4) is 0 Å². The minimum Gasteiger partial charge on any atom is -0.463 e. The van der Waals surface area contributed by atoms with Gasteiger partial charge >= 0.3 is 5.97 Å². The van der Waals surface area contributed by atoms with Gasteiger partial charge in [0.15, 0.2) is 0 Å². The quantitative estimate of drug-likeness (QED) is 0.0462. The van der Waals surface area contributed by atoms with Crippen LogP contribution in [0.4, 0.5) is 0 Å². The Bertz CT molecular complexity index is 946. The summed E-state index contributed by atoms with van der Waals surface area (Å²) in [7, 11) is 1.63. The number of amides is 2. The molecule has 0 aliphatic rings. The van der Waals surface area contributed by atoms with E-state index in [2.05, 4.69) is 24.5 Å². The van der Waals surface area contributed by atoms with E-state index in [-0.39, 0.29) is 43.6 Å². The average molecular weight is 837 g/mol. The summed E-state index contributed by atoms with van der Waals surface area (Å²) in [5.74, 6) is -0.563. The van der Waals surface area contributed by atoms with Gasteiger partial charge in [0, 0.05) is 45.9 Å². The van der Waals surface area contributed by atoms with E-state index in [1.54, 1.807) is 7.11 Å². The number of hydrogen-bond acceptors (Lipinski definition) is 7. The molecule has 1 unspecified atom stereocenters. The summed E-state index contributed by atoms with van der Waals surface area (Å²) in [6.07, 6.45) is 41.3. The van der Waals surface area contributed by atoms with E-state index in [1.165, 1.54) is 154 Å². The van der Waals surface area contributed by atoms with E-state index in [0.717, 1.165) is 44.9 Å². The van der Waals surface area contributed by atoms with Crippen LogP contribution in [0.2, 0.25) is 0 Å². The van der Waals surface area contributed by atoms with Crippen molar-refractivity contribution in [2.45, 2.75) is 257 Å². The Morgan fingerprint density at radius 3 is 1.27 bits per heavy atom. The van der Waals surface area contributed by atoms with Gasteiger partial charge in [0.2, 0.25) is 11.8 Å². The lowest BCUT2D eigenvalue weighted by atomic mass is 10.0. The lowest BCUT2D eigenvalue weighted by Crippen LogP contribution is -2.46. The van der Waals surface area contributed by atoms with Crippen LogP contribution in [0.15, 0.2) is 0 Å². The van der Waals surface area contributed by atoms with Crippen molar-refractivity contribution >= 4 is 23.6 Å². The Kier molecular flexibility index (Phi) is 45.5. The van der Waals surface area contributed by atoms with Gasteiger partial charge in [-0.1, -0.05) is 194 Å². The molecule has 59 heavy (non-hydrogen) atoms. The Labute approximate surface area is 364 Å². The van der Waals surface area contributed by atoms with Crippen molar-refractivity contribution in [3.63, 3.8) is 0 Å². The summed E-state index contributed by atoms with van der Waals surface area (Å²) in [4.78, 5) is 50.4. The molecule has 0 aromatic carbocycles. The summed E-state index contributed by atoms with van der Waals surface area (Å²) in [6.45, 7) is 6.39. The van der Waals surface area contributed by atoms with Crippen molar-refractivity contribution in [2.75, 3.05) is 40.1 Å². The van der Waals surface area contributed by atoms with Crippen LogP contribution in [-0.4, -0.2) is 69.7 Å². The maximum atomic E-state index is 12.9. The first-order chi connectivity index (χ1) is 28.9. The number of hydrogen-bond donors (Lipinski definition) is 2. The van der Waals surface area contributed by atoms with Crippen molar-refractivity contribution in [3.8, 4) is 0 Å². The Hall–Kier alpha value is -2.00. The number of carbonyl (C=O) groups excluding carboxylic acids is 4. The van der Waals surface area contributed by atoms with Gasteiger partial charge in [0.1, 0.15) is 12.4 Å². The SMILES string of the molecule is CCCCCCCCCCCCCCCCCC(=O)NCC(COC(=O)CCC(=O)CCCCOCCOC)NC(=O)CCCCCCCCCCCCCCCCC. The number of methoxy groups -OCH3 is 1. The number of rotatable bonds is 48. The van der Waals surface area contributed by atoms with Gasteiger partial charge in [-0.3, -0.25) is 19.2 Å². The van der Waals surface area contributed by atoms with Gasteiger partial charge in [0.25, 0.3) is 0 Å². The predicted molar refractivity (Wildman–Crippen MR) is 246 cm³/mol. The molecule has 0 spiro atoms. The molecule has 2 N–H and O–H groups in total. The maximum absolute atomic E-state index is 12.9. The molecule has 1 atom stereocenters. The molecule has 0 saturated heterocycles. The van der Waals surface area contributed by atoms with Crippen LogP contribution in [0.1, 0.15) is 251 Å². The second-order valence-electron chi connectivity index (χ2n) is 17.3. The Balaban J connectivity index is 4.37. The molecule has 9 heteroatoms. The maximum Gasteiger partial charge on any atom is 0.306 e. The van der Waals surface area contributed by atoms with Crippen LogP contribution in [-0.2, 0) is 33.4 Å². The van der Waals surface area contributed by atoms with E-state index < -0.39 is 12.0 Å². The molecule has 0 aromatic heterocycles. The smallest absolute Gasteiger partial charge is 0.306 e. The molecule has 0 radical (unpaired) electrons. The minimum atomic E-state index is -0.512. The van der Waals surface area contributed by atoms with E-state index in [1.807, 2.05) is 0 Å². The molecular formula is C50H96N2O7. The number of carbonyl (C=O) groups is 4. The van der Waals surface area contributed by atoms with Crippen molar-refractivity contribution in [2.24, 2.45) is 0 Å². The largest absolute Gasteiger partial charge is 0.463 e. The standard InChI is InChI=1S/C50H96N2O7/c1-4-6-8-10-12-14-16-18-20-22-24-26-28-30-32-37-48(54)51-44-46(45-59-50(56)40-39-47(53)36-34-35-41-58-43-42-57-3)52-49(55)38-33-31-29-27-25-23-21-19-17-15-13-11-9-7-5-2/h46H,4-45H2,1-3H3,(H,51,54)(H,52,55). The Morgan fingerprint density at radius 2 is 0.831 bits per heavy atom. The summed E-state index contributed by atoms with van der Waals surface area (Å²) in [6, 6.07) is -0.512. The molecule has 0 aromatic rings. The van der Waals surface area contributed by atoms with Crippen LogP contribution in [0.25, 0.3) is 0 Å². The summed E-state index contributed by atoms with van der Waals surface area (Å²) in [5, 5.41) is 5.96. The Morgan fingerprint density at radius 1 is 0.424 bits per heavy atom. The fraction of sp³-hybridized carbons (Fsp3) is 0.920. The summed E-state index contributed by atoms with van der Waals surface area (Å²) < 4.78 is 15.9. The van der Waals surface area contributed by atoms with E-state index in [4.69, 9.17) is 14.2 Å². The number of nitrogens with one attached hydrogen (secondary N) is 2. The molecule has 0 fully saturated rings. The molecule has 0 aliphatic heterocycles. The molecule has 9 nitrogen and oxygen atoms in total. The lowest BCUT2D eigenvalue weighted by molar-refractivity contribution is -0.146. The second-order valence-corrected chi connectivity index (χ2v) is 17.3. The number of esters is 1. The molecule has 348 valence electrons. The van der Waals surface area contributed by atoms with Crippen molar-refractivity contribution in [1.82, 2.24) is 10.6 Å². The number of ketones is 1. The van der Waals surface area contributed by atoms with Gasteiger partial charge in [-0.2, -0.15) is 0 Å². The first-order valence-electron chi connectivity index (χ1n) is 25.2. The molecule has 2 amide bonds. The lowest BCUT2D eigenvalue weighted by Gasteiger charge is -2.19. The van der Waals surface area contributed by atoms with Gasteiger partial charge in [-0.25, -0.2) is 0 Å². The molecule has 0 bridgehead atoms. The monoisotopic (exact) mass is 837 g/mol. The fourth-order valence-electron chi connectivity index (χ4n) is 7.49. The van der Waals surface area contributed by atoms with Gasteiger partial charge < -0.3 is 24.8 Å². The third-order valence-electron chi connectivity index (χ3n) is 11.4. The van der Waals surface area contributed by atoms with Crippen LogP contribution in [0.5, 0.6) is 0 Å². The number of unbranched alkanes of at least 4 members (excludes halogenated alkanes) is 29. The second kappa shape index (κ2) is 47.1. The summed E-state index contributed by atoms with van der Waals surface area (Å²) in [5.41, 5.74) is 0. The third-order valence-corrected chi connectivity index (χ3v) is 11.4. The fourth-order valence-corrected chi connectivity index (χ4v) is 7.49. The molecule has 0 aliphatic carbocycles. The van der Waals surface area contributed by atoms with Crippen molar-refractivity contribution < 1.29 is 33.4 Å².